The van der Waals surface area contributed by atoms with Crippen molar-refractivity contribution in [1.82, 2.24) is 49.7 Å². The Morgan fingerprint density at radius 3 is 2.23 bits per heavy atom. The molecule has 0 spiro atoms. The van der Waals surface area contributed by atoms with Crippen molar-refractivity contribution in [3.8, 4) is 5.75 Å². The molecule has 5 aromatic rings. The largest absolute Gasteiger partial charge is 0.505 e. The van der Waals surface area contributed by atoms with Crippen LogP contribution in [0.2, 0.25) is 0 Å². The number of amides is 3. The van der Waals surface area contributed by atoms with Crippen LogP contribution in [-0.4, -0.2) is 162 Å². The van der Waals surface area contributed by atoms with E-state index < -0.39 is 6.04 Å². The second-order valence-electron chi connectivity index (χ2n) is 20.7. The number of likely N-dealkylation sites (tertiary alicyclic amines) is 1. The van der Waals surface area contributed by atoms with E-state index in [1.54, 1.807) is 61.5 Å². The second-order valence-corrected chi connectivity index (χ2v) is 20.7. The summed E-state index contributed by atoms with van der Waals surface area (Å²) >= 11 is 0. The molecule has 1 aliphatic carbocycles. The van der Waals surface area contributed by atoms with E-state index in [1.807, 2.05) is 44.2 Å². The fourth-order valence-corrected chi connectivity index (χ4v) is 10.3. The number of nitrogens with one attached hydrogen (secondary N) is 3. The minimum absolute atomic E-state index is 0.134. The number of ether oxygens (including phenoxy) is 2. The summed E-state index contributed by atoms with van der Waals surface area (Å²) < 4.78 is 13.8. The molecule has 440 valence electrons. The summed E-state index contributed by atoms with van der Waals surface area (Å²) in [4.78, 5) is 63.8. The normalized spacial score (nSPS) is 17.9. The Labute approximate surface area is 476 Å². The maximum absolute atomic E-state index is 13.4. The van der Waals surface area contributed by atoms with Crippen molar-refractivity contribution < 1.29 is 28.7 Å². The van der Waals surface area contributed by atoms with Gasteiger partial charge in [-0.3, -0.25) is 24.0 Å². The number of hydrogen-bond donors (Lipinski definition) is 4. The average molecular weight is 1110 g/mol. The van der Waals surface area contributed by atoms with Crippen molar-refractivity contribution in [2.24, 2.45) is 11.7 Å². The number of imidazole rings is 1. The van der Waals surface area contributed by atoms with Crippen LogP contribution in [0.3, 0.4) is 0 Å². The highest BCUT2D eigenvalue weighted by Crippen LogP contribution is 2.33. The van der Waals surface area contributed by atoms with E-state index in [-0.39, 0.29) is 24.1 Å². The van der Waals surface area contributed by atoms with Crippen LogP contribution in [0, 0.1) is 5.92 Å². The molecule has 2 saturated heterocycles. The lowest BCUT2D eigenvalue weighted by molar-refractivity contribution is -0.121. The van der Waals surface area contributed by atoms with Crippen molar-refractivity contribution in [3.05, 3.63) is 90.1 Å². The number of carbonyl (C=O) groups excluding carboxylic acids is 4. The van der Waals surface area contributed by atoms with Gasteiger partial charge in [-0.2, -0.15) is 14.7 Å². The summed E-state index contributed by atoms with van der Waals surface area (Å²) in [6.07, 6.45) is 22.0. The van der Waals surface area contributed by atoms with Gasteiger partial charge in [0.25, 0.3) is 11.8 Å². The molecule has 6 heterocycles. The number of carbonyl (C=O) groups is 4. The Bertz CT molecular complexity index is 2650. The van der Waals surface area contributed by atoms with Gasteiger partial charge in [0.15, 0.2) is 11.5 Å². The third-order valence-corrected chi connectivity index (χ3v) is 15.3. The van der Waals surface area contributed by atoms with Gasteiger partial charge in [-0.1, -0.05) is 67.2 Å². The van der Waals surface area contributed by atoms with Crippen molar-refractivity contribution in [1.29, 1.82) is 0 Å². The average Bonchev–Trinajstić information content (AvgIpc) is 4.23. The number of piperazine rings is 1. The fourth-order valence-electron chi connectivity index (χ4n) is 10.3. The SMILES string of the molecule is CC.CCCC.CCCC.CNC(=O)CCC(C=O)N1Cc2cc(N3CCN(CC4CCN(CCNC5CCC(n6cc7cc(C(=O)Nc8cnc9cccnn89)c(OC)cc7n6)CC5)CC4)CC3)ccc2C1=O.CO/C=C/CN. The number of rotatable bonds is 20. The summed E-state index contributed by atoms with van der Waals surface area (Å²) in [5, 5.41) is 19.5. The summed E-state index contributed by atoms with van der Waals surface area (Å²) in [5.74, 6) is 1.11. The van der Waals surface area contributed by atoms with E-state index in [2.05, 4.69) is 90.1 Å². The van der Waals surface area contributed by atoms with Crippen LogP contribution in [0.4, 0.5) is 11.5 Å². The molecule has 5 N–H and O–H groups in total. The van der Waals surface area contributed by atoms with E-state index in [0.717, 1.165) is 119 Å². The second kappa shape index (κ2) is 34.7. The standard InChI is InChI=1S/C47H60N12O5.C4H9NO.2C4H10.C2H6/c1-48-45(61)12-10-38(31-60)57-29-33-24-37(9-11-39(33)47(57)63)56-22-20-55(21-23-56)28-32-13-17-54(18-14-32)19-16-49-35-5-7-36(8-6-35)58-30-34-25-40(42(64-2)26-41(34)53-58)46(62)52-44-27-50-43-4-3-15-51-59(43)44;1-6-4-2-3-5;2*1-3-4-2;1-2/h3-4,9,11,15,24-27,30-32,35-36,38,49H,5-8,10,12-14,16-23,28-29H2,1-2H3,(H,48,61)(H,52,62);2,4H,3,5H2,1H3;2*3-4H2,1-2H3;1-2H3/b;4-2+;;;. The van der Waals surface area contributed by atoms with Crippen molar-refractivity contribution in [3.63, 3.8) is 0 Å². The van der Waals surface area contributed by atoms with E-state index in [9.17, 15) is 19.2 Å². The van der Waals surface area contributed by atoms with Gasteiger partial charge < -0.3 is 50.7 Å². The third-order valence-electron chi connectivity index (χ3n) is 15.3. The number of benzene rings is 2. The van der Waals surface area contributed by atoms with Crippen LogP contribution in [0.15, 0.2) is 73.4 Å². The van der Waals surface area contributed by atoms with E-state index >= 15 is 0 Å². The first-order valence-corrected chi connectivity index (χ1v) is 29.6. The van der Waals surface area contributed by atoms with Gasteiger partial charge in [0.1, 0.15) is 12.0 Å². The zero-order valence-electron chi connectivity index (χ0n) is 49.6. The molecule has 2 aromatic carbocycles. The zero-order valence-corrected chi connectivity index (χ0v) is 49.6. The Balaban J connectivity index is 0.000000652. The number of hydrogen-bond acceptors (Lipinski definition) is 14. The first kappa shape index (κ1) is 64.4. The van der Waals surface area contributed by atoms with E-state index in [1.165, 1.54) is 38.5 Å². The molecule has 19 nitrogen and oxygen atoms in total. The number of aldehydes is 1. The Hall–Kier alpha value is -6.41. The highest BCUT2D eigenvalue weighted by atomic mass is 16.5. The molecular weight excluding hydrogens is 1010 g/mol. The summed E-state index contributed by atoms with van der Waals surface area (Å²) in [7, 11) is 4.73. The fraction of sp³-hybridized carbons (Fsp3) is 0.590. The van der Waals surface area contributed by atoms with Gasteiger partial charge in [0.2, 0.25) is 5.91 Å². The number of nitrogens with zero attached hydrogens (tertiary/aromatic N) is 9. The van der Waals surface area contributed by atoms with Crippen molar-refractivity contribution >= 4 is 52.1 Å². The maximum atomic E-state index is 13.4. The van der Waals surface area contributed by atoms with E-state index in [4.69, 9.17) is 15.6 Å². The summed E-state index contributed by atoms with van der Waals surface area (Å²) in [6, 6.07) is 13.6. The molecule has 3 amide bonds. The number of fused-ring (bicyclic) bond motifs is 3. The number of nitrogens with two attached hydrogens (primary N) is 1. The lowest BCUT2D eigenvalue weighted by atomic mass is 9.91. The first-order valence-electron chi connectivity index (χ1n) is 29.6. The zero-order chi connectivity index (χ0) is 57.8. The highest BCUT2D eigenvalue weighted by Gasteiger charge is 2.34. The number of aromatic nitrogens is 5. The predicted octanol–water partition coefficient (Wildman–Crippen LogP) is 8.74. The van der Waals surface area contributed by atoms with Gasteiger partial charge in [-0.15, -0.1) is 0 Å². The quantitative estimate of drug-likeness (QED) is 0.0425. The molecule has 4 aliphatic rings. The molecule has 1 saturated carbocycles. The van der Waals surface area contributed by atoms with Gasteiger partial charge in [-0.05, 0) is 112 Å². The van der Waals surface area contributed by atoms with Crippen LogP contribution in [-0.2, 0) is 20.9 Å². The topological polar surface area (TPSA) is 210 Å². The third kappa shape index (κ3) is 18.6. The summed E-state index contributed by atoms with van der Waals surface area (Å²) in [5.41, 5.74) is 9.67. The molecule has 80 heavy (non-hydrogen) atoms. The van der Waals surface area contributed by atoms with Gasteiger partial charge in [0, 0.05) is 114 Å². The van der Waals surface area contributed by atoms with Crippen LogP contribution in [0.5, 0.6) is 5.75 Å². The smallest absolute Gasteiger partial charge is 0.260 e. The minimum Gasteiger partial charge on any atom is -0.505 e. The number of methoxy groups -OCH3 is 2. The van der Waals surface area contributed by atoms with Gasteiger partial charge >= 0.3 is 0 Å². The molecule has 3 aromatic heterocycles. The molecule has 3 aliphatic heterocycles. The van der Waals surface area contributed by atoms with Crippen LogP contribution < -0.4 is 31.3 Å². The summed E-state index contributed by atoms with van der Waals surface area (Å²) in [6.45, 7) is 23.2. The maximum Gasteiger partial charge on any atom is 0.260 e. The van der Waals surface area contributed by atoms with E-state index in [0.29, 0.717) is 59.9 Å². The van der Waals surface area contributed by atoms with Crippen LogP contribution in [0.1, 0.15) is 151 Å². The molecular formula is C61H95N13O6. The number of unbranched alkanes of at least 4 members (excludes halogenated alkanes) is 2. The molecule has 0 bridgehead atoms. The molecule has 19 heteroatoms. The van der Waals surface area contributed by atoms with Crippen molar-refractivity contribution in [2.75, 3.05) is 96.9 Å². The van der Waals surface area contributed by atoms with Crippen LogP contribution in [0.25, 0.3) is 16.6 Å². The Kier molecular flexibility index (Phi) is 27.9. The Morgan fingerprint density at radius 1 is 0.887 bits per heavy atom. The lowest BCUT2D eigenvalue weighted by Gasteiger charge is -2.40. The molecule has 1 unspecified atom stereocenters. The van der Waals surface area contributed by atoms with Crippen LogP contribution >= 0.6 is 0 Å². The van der Waals surface area contributed by atoms with Crippen molar-refractivity contribution in [2.45, 2.75) is 143 Å². The number of anilines is 2. The number of piperidine rings is 1. The first-order chi connectivity index (χ1) is 39.0. The Morgan fingerprint density at radius 2 is 1.60 bits per heavy atom. The molecule has 3 fully saturated rings. The molecule has 0 radical (unpaired) electrons. The van der Waals surface area contributed by atoms with Gasteiger partial charge in [-0.25, -0.2) is 4.98 Å². The molecule has 1 atom stereocenters. The lowest BCUT2D eigenvalue weighted by Crippen LogP contribution is -2.49. The molecule has 9 rings (SSSR count). The highest BCUT2D eigenvalue weighted by molar-refractivity contribution is 6.08. The minimum atomic E-state index is -0.608. The monoisotopic (exact) mass is 1110 g/mol. The predicted molar refractivity (Wildman–Crippen MR) is 322 cm³/mol. The van der Waals surface area contributed by atoms with Gasteiger partial charge in [0.05, 0.1) is 49.8 Å².